The SMILES string of the molecule is CC/C=C\C/C=C\C/C=C\C/C=C\C/C=C\C/C=C\C/C=C\CCCCCC(=O)OCC(COC(=O)CCCCCCCCCCCCC)OC(=O)CCCCCCCCCCCCCCC/C=C\C/C=C\CCCCCCC. The average Bonchev–Trinajstić information content (AvgIpc) is 3.45. The lowest BCUT2D eigenvalue weighted by Crippen LogP contribution is -2.30. The second-order valence-electron chi connectivity index (χ2n) is 22.0. The summed E-state index contributed by atoms with van der Waals surface area (Å²) in [4.78, 5) is 38.3. The van der Waals surface area contributed by atoms with Gasteiger partial charge in [0, 0.05) is 19.3 Å². The molecule has 0 aromatic rings. The number of carbonyl (C=O) groups excluding carboxylic acids is 3. The molecule has 0 fully saturated rings. The number of ether oxygens (including phenoxy) is 3. The largest absolute Gasteiger partial charge is 0.462 e. The quantitative estimate of drug-likeness (QED) is 0.0261. The fraction of sp³-hybridized carbons (Fsp3) is 0.712. The summed E-state index contributed by atoms with van der Waals surface area (Å²) in [6.07, 6.45) is 91.0. The summed E-state index contributed by atoms with van der Waals surface area (Å²) in [6.45, 7) is 6.51. The summed E-state index contributed by atoms with van der Waals surface area (Å²) < 4.78 is 16.9. The molecule has 0 radical (unpaired) electrons. The maximum absolute atomic E-state index is 12.9. The molecule has 0 rings (SSSR count). The van der Waals surface area contributed by atoms with E-state index in [0.29, 0.717) is 19.3 Å². The first-order chi connectivity index (χ1) is 39.0. The van der Waals surface area contributed by atoms with Crippen LogP contribution in [-0.2, 0) is 28.6 Å². The Kier molecular flexibility index (Phi) is 63.3. The van der Waals surface area contributed by atoms with Crippen LogP contribution < -0.4 is 0 Å². The van der Waals surface area contributed by atoms with Gasteiger partial charge in [0.15, 0.2) is 6.10 Å². The number of hydrogen-bond donors (Lipinski definition) is 0. The van der Waals surface area contributed by atoms with Crippen LogP contribution >= 0.6 is 0 Å². The number of allylic oxidation sites excluding steroid dienone is 18. The highest BCUT2D eigenvalue weighted by atomic mass is 16.6. The normalized spacial score (nSPS) is 12.8. The van der Waals surface area contributed by atoms with Crippen LogP contribution in [0.2, 0.25) is 0 Å². The molecule has 0 aromatic heterocycles. The van der Waals surface area contributed by atoms with Crippen LogP contribution in [-0.4, -0.2) is 37.2 Å². The van der Waals surface area contributed by atoms with Gasteiger partial charge < -0.3 is 14.2 Å². The summed E-state index contributed by atoms with van der Waals surface area (Å²) >= 11 is 0. The minimum atomic E-state index is -0.793. The van der Waals surface area contributed by atoms with E-state index in [-0.39, 0.29) is 31.1 Å². The Morgan fingerprint density at radius 2 is 0.494 bits per heavy atom. The van der Waals surface area contributed by atoms with Crippen molar-refractivity contribution < 1.29 is 28.6 Å². The molecule has 6 heteroatoms. The summed E-state index contributed by atoms with van der Waals surface area (Å²) in [5, 5.41) is 0. The van der Waals surface area contributed by atoms with Gasteiger partial charge in [-0.25, -0.2) is 0 Å². The molecule has 0 saturated heterocycles. The van der Waals surface area contributed by atoms with Crippen molar-refractivity contribution in [3.8, 4) is 0 Å². The molecule has 1 atom stereocenters. The van der Waals surface area contributed by atoms with E-state index in [0.717, 1.165) is 116 Å². The minimum absolute atomic E-state index is 0.0873. The van der Waals surface area contributed by atoms with E-state index in [1.165, 1.54) is 161 Å². The van der Waals surface area contributed by atoms with Crippen LogP contribution in [0.15, 0.2) is 109 Å². The Balaban J connectivity index is 4.34. The van der Waals surface area contributed by atoms with Crippen LogP contribution in [0.3, 0.4) is 0 Å². The Morgan fingerprint density at radius 1 is 0.266 bits per heavy atom. The van der Waals surface area contributed by atoms with Crippen LogP contribution in [0.5, 0.6) is 0 Å². The zero-order valence-corrected chi connectivity index (χ0v) is 51.9. The topological polar surface area (TPSA) is 78.9 Å². The summed E-state index contributed by atoms with van der Waals surface area (Å²) in [6, 6.07) is 0. The van der Waals surface area contributed by atoms with Gasteiger partial charge in [-0.2, -0.15) is 0 Å². The predicted molar refractivity (Wildman–Crippen MR) is 343 cm³/mol. The van der Waals surface area contributed by atoms with E-state index in [1.54, 1.807) is 0 Å². The molecule has 79 heavy (non-hydrogen) atoms. The maximum Gasteiger partial charge on any atom is 0.306 e. The summed E-state index contributed by atoms with van der Waals surface area (Å²) in [5.41, 5.74) is 0. The van der Waals surface area contributed by atoms with Crippen molar-refractivity contribution in [2.24, 2.45) is 0 Å². The highest BCUT2D eigenvalue weighted by molar-refractivity contribution is 5.71. The summed E-state index contributed by atoms with van der Waals surface area (Å²) in [7, 11) is 0. The van der Waals surface area contributed by atoms with Gasteiger partial charge in [0.2, 0.25) is 0 Å². The number of hydrogen-bond acceptors (Lipinski definition) is 6. The third-order valence-corrected chi connectivity index (χ3v) is 14.3. The van der Waals surface area contributed by atoms with Crippen LogP contribution in [0.1, 0.15) is 316 Å². The maximum atomic E-state index is 12.9. The molecule has 1 unspecified atom stereocenters. The first-order valence-electron chi connectivity index (χ1n) is 33.4. The molecular weight excluding hydrogens is 973 g/mol. The van der Waals surface area contributed by atoms with Gasteiger partial charge in [-0.3, -0.25) is 14.4 Å². The van der Waals surface area contributed by atoms with Crippen molar-refractivity contribution in [2.75, 3.05) is 13.2 Å². The zero-order chi connectivity index (χ0) is 57.1. The molecule has 0 spiro atoms. The van der Waals surface area contributed by atoms with Crippen molar-refractivity contribution in [3.05, 3.63) is 109 Å². The van der Waals surface area contributed by atoms with Gasteiger partial charge in [-0.05, 0) is 109 Å². The molecule has 452 valence electrons. The number of carbonyl (C=O) groups is 3. The van der Waals surface area contributed by atoms with E-state index in [1.807, 2.05) is 0 Å². The van der Waals surface area contributed by atoms with Crippen LogP contribution in [0.25, 0.3) is 0 Å². The predicted octanol–water partition coefficient (Wildman–Crippen LogP) is 23.0. The standard InChI is InChI=1S/C73H124O6/c1-4-7-10-13-16-19-22-24-26-28-30-32-34-36-38-40-42-44-46-48-51-54-57-60-63-66-72(75)78-69-70(68-77-71(74)65-62-59-56-53-50-21-18-15-12-9-6-3)79-73(76)67-64-61-58-55-52-49-47-45-43-41-39-37-35-33-31-29-27-25-23-20-17-14-11-8-5-2/h7,10,16,19,23-26,29-32,36,38,42,44,48,51,70H,4-6,8-9,11-15,17-18,20-22,27-28,33-35,37,39-41,43,45-47,49-50,52-69H2,1-3H3/b10-7-,19-16-,25-23-,26-24-,31-29-,32-30-,38-36-,44-42-,51-48-. The van der Waals surface area contributed by atoms with E-state index in [9.17, 15) is 14.4 Å². The Morgan fingerprint density at radius 3 is 0.785 bits per heavy atom. The molecule has 6 nitrogen and oxygen atoms in total. The van der Waals surface area contributed by atoms with Crippen molar-refractivity contribution in [1.82, 2.24) is 0 Å². The van der Waals surface area contributed by atoms with Gasteiger partial charge in [0.1, 0.15) is 13.2 Å². The third-order valence-electron chi connectivity index (χ3n) is 14.3. The molecule has 0 heterocycles. The smallest absolute Gasteiger partial charge is 0.306 e. The lowest BCUT2D eigenvalue weighted by atomic mass is 10.0. The minimum Gasteiger partial charge on any atom is -0.462 e. The zero-order valence-electron chi connectivity index (χ0n) is 51.9. The molecule has 0 aliphatic carbocycles. The monoisotopic (exact) mass is 1100 g/mol. The highest BCUT2D eigenvalue weighted by Crippen LogP contribution is 2.16. The van der Waals surface area contributed by atoms with Crippen molar-refractivity contribution in [3.63, 3.8) is 0 Å². The second-order valence-corrected chi connectivity index (χ2v) is 22.0. The lowest BCUT2D eigenvalue weighted by molar-refractivity contribution is -0.167. The highest BCUT2D eigenvalue weighted by Gasteiger charge is 2.19. The molecule has 0 amide bonds. The van der Waals surface area contributed by atoms with E-state index in [2.05, 4.69) is 130 Å². The lowest BCUT2D eigenvalue weighted by Gasteiger charge is -2.18. The number of esters is 3. The van der Waals surface area contributed by atoms with Gasteiger partial charge in [-0.1, -0.05) is 297 Å². The fourth-order valence-electron chi connectivity index (χ4n) is 9.28. The Labute approximate surface area is 489 Å². The van der Waals surface area contributed by atoms with Crippen molar-refractivity contribution >= 4 is 17.9 Å². The molecular formula is C73H124O6. The fourth-order valence-corrected chi connectivity index (χ4v) is 9.28. The first-order valence-corrected chi connectivity index (χ1v) is 33.4. The van der Waals surface area contributed by atoms with Gasteiger partial charge in [0.05, 0.1) is 0 Å². The van der Waals surface area contributed by atoms with E-state index >= 15 is 0 Å². The van der Waals surface area contributed by atoms with E-state index in [4.69, 9.17) is 14.2 Å². The van der Waals surface area contributed by atoms with Crippen LogP contribution in [0.4, 0.5) is 0 Å². The van der Waals surface area contributed by atoms with E-state index < -0.39 is 6.10 Å². The molecule has 0 aliphatic heterocycles. The summed E-state index contributed by atoms with van der Waals surface area (Å²) in [5.74, 6) is -0.914. The van der Waals surface area contributed by atoms with Gasteiger partial charge in [-0.15, -0.1) is 0 Å². The van der Waals surface area contributed by atoms with Crippen molar-refractivity contribution in [2.45, 2.75) is 322 Å². The molecule has 0 aliphatic rings. The first kappa shape index (κ1) is 75.1. The number of unbranched alkanes of at least 4 members (excludes halogenated alkanes) is 31. The Bertz CT molecular complexity index is 1590. The molecule has 0 aromatic carbocycles. The average molecular weight is 1100 g/mol. The Hall–Kier alpha value is -3.93. The molecule has 0 N–H and O–H groups in total. The van der Waals surface area contributed by atoms with Gasteiger partial charge in [0.25, 0.3) is 0 Å². The molecule has 0 saturated carbocycles. The van der Waals surface area contributed by atoms with Crippen LogP contribution in [0, 0.1) is 0 Å². The third kappa shape index (κ3) is 64.8. The van der Waals surface area contributed by atoms with Gasteiger partial charge >= 0.3 is 17.9 Å². The second kappa shape index (κ2) is 66.6. The number of rotatable bonds is 60. The molecule has 0 bridgehead atoms. The van der Waals surface area contributed by atoms with Crippen molar-refractivity contribution in [1.29, 1.82) is 0 Å².